The lowest BCUT2D eigenvalue weighted by Gasteiger charge is -2.12. The normalized spacial score (nSPS) is 10.1. The van der Waals surface area contributed by atoms with Gasteiger partial charge in [0.15, 0.2) is 11.5 Å². The van der Waals surface area contributed by atoms with Gasteiger partial charge in [0.2, 0.25) is 5.95 Å². The molecule has 4 N–H and O–H groups in total. The summed E-state index contributed by atoms with van der Waals surface area (Å²) >= 11 is 0. The summed E-state index contributed by atoms with van der Waals surface area (Å²) in [5.41, 5.74) is 6.88. The number of phenolic OH excluding ortho intramolecular Hbond substituents is 1. The van der Waals surface area contributed by atoms with Gasteiger partial charge < -0.3 is 25.6 Å². The smallest absolute Gasteiger partial charge is 0.341 e. The zero-order chi connectivity index (χ0) is 16.3. The Morgan fingerprint density at radius 1 is 1.36 bits per heavy atom. The van der Waals surface area contributed by atoms with Crippen molar-refractivity contribution in [3.8, 4) is 11.5 Å². The Morgan fingerprint density at radius 2 is 2.09 bits per heavy atom. The number of aromatic nitrogens is 2. The van der Waals surface area contributed by atoms with Crippen molar-refractivity contribution in [2.45, 2.75) is 6.92 Å². The molecule has 8 nitrogen and oxygen atoms in total. The number of nitrogens with zero attached hydrogens (tertiary/aromatic N) is 2. The fourth-order valence-electron chi connectivity index (χ4n) is 1.75. The van der Waals surface area contributed by atoms with Crippen LogP contribution in [0, 0.1) is 6.92 Å². The summed E-state index contributed by atoms with van der Waals surface area (Å²) in [6.07, 6.45) is 1.57. The second-order valence-corrected chi connectivity index (χ2v) is 4.45. The van der Waals surface area contributed by atoms with E-state index in [4.69, 9.17) is 10.5 Å². The van der Waals surface area contributed by atoms with E-state index in [1.807, 2.05) is 0 Å². The lowest BCUT2D eigenvalue weighted by Crippen LogP contribution is -2.06. The molecule has 0 unspecified atom stereocenters. The van der Waals surface area contributed by atoms with Crippen LogP contribution in [0.25, 0.3) is 0 Å². The SMILES string of the molecule is COC(=O)c1cc(Nc2ncc(C)c(N)n2)cc(OC)c1O. The molecule has 1 aromatic carbocycles. The second-order valence-electron chi connectivity index (χ2n) is 4.45. The molecule has 0 atom stereocenters. The highest BCUT2D eigenvalue weighted by atomic mass is 16.5. The average molecular weight is 304 g/mol. The highest BCUT2D eigenvalue weighted by molar-refractivity contribution is 5.95. The van der Waals surface area contributed by atoms with Crippen LogP contribution in [-0.2, 0) is 4.74 Å². The highest BCUT2D eigenvalue weighted by Gasteiger charge is 2.18. The number of anilines is 3. The van der Waals surface area contributed by atoms with Crippen molar-refractivity contribution in [3.05, 3.63) is 29.5 Å². The predicted octanol–water partition coefficient (Wildman–Crippen LogP) is 1.61. The Hall–Kier alpha value is -3.03. The first-order chi connectivity index (χ1) is 10.5. The van der Waals surface area contributed by atoms with Gasteiger partial charge in [-0.25, -0.2) is 9.78 Å². The van der Waals surface area contributed by atoms with Gasteiger partial charge in [0, 0.05) is 23.5 Å². The van der Waals surface area contributed by atoms with Gasteiger partial charge in [0.1, 0.15) is 11.4 Å². The Labute approximate surface area is 126 Å². The van der Waals surface area contributed by atoms with Crippen LogP contribution in [0.2, 0.25) is 0 Å². The summed E-state index contributed by atoms with van der Waals surface area (Å²) in [7, 11) is 2.60. The van der Waals surface area contributed by atoms with Crippen LogP contribution in [0.4, 0.5) is 17.5 Å². The summed E-state index contributed by atoms with van der Waals surface area (Å²) < 4.78 is 9.66. The first-order valence-electron chi connectivity index (χ1n) is 6.31. The third-order valence-corrected chi connectivity index (χ3v) is 2.97. The lowest BCUT2D eigenvalue weighted by molar-refractivity contribution is 0.0597. The third kappa shape index (κ3) is 3.00. The second kappa shape index (κ2) is 6.17. The minimum atomic E-state index is -0.691. The van der Waals surface area contributed by atoms with E-state index in [0.29, 0.717) is 11.5 Å². The van der Waals surface area contributed by atoms with Crippen molar-refractivity contribution in [1.82, 2.24) is 9.97 Å². The molecule has 8 heteroatoms. The van der Waals surface area contributed by atoms with E-state index in [-0.39, 0.29) is 23.0 Å². The number of nitrogens with two attached hydrogens (primary N) is 1. The third-order valence-electron chi connectivity index (χ3n) is 2.97. The van der Waals surface area contributed by atoms with Crippen LogP contribution >= 0.6 is 0 Å². The molecule has 116 valence electrons. The molecular weight excluding hydrogens is 288 g/mol. The average Bonchev–Trinajstić information content (AvgIpc) is 2.51. The maximum Gasteiger partial charge on any atom is 0.341 e. The first-order valence-corrected chi connectivity index (χ1v) is 6.31. The molecule has 0 spiro atoms. The van der Waals surface area contributed by atoms with Gasteiger partial charge in [-0.1, -0.05) is 0 Å². The molecule has 22 heavy (non-hydrogen) atoms. The molecule has 0 saturated heterocycles. The van der Waals surface area contributed by atoms with E-state index < -0.39 is 5.97 Å². The van der Waals surface area contributed by atoms with Gasteiger partial charge in [-0.15, -0.1) is 0 Å². The topological polar surface area (TPSA) is 120 Å². The molecule has 0 fully saturated rings. The molecule has 0 aliphatic rings. The molecule has 0 radical (unpaired) electrons. The molecule has 1 aromatic heterocycles. The first kappa shape index (κ1) is 15.4. The monoisotopic (exact) mass is 304 g/mol. The number of aryl methyl sites for hydroxylation is 1. The minimum absolute atomic E-state index is 0.0376. The number of rotatable bonds is 4. The minimum Gasteiger partial charge on any atom is -0.504 e. The molecule has 2 aromatic rings. The molecule has 2 rings (SSSR count). The molecule has 0 aliphatic heterocycles. The number of nitrogens with one attached hydrogen (secondary N) is 1. The van der Waals surface area contributed by atoms with Crippen molar-refractivity contribution in [2.75, 3.05) is 25.3 Å². The Bertz CT molecular complexity index is 718. The number of ether oxygens (including phenoxy) is 2. The van der Waals surface area contributed by atoms with Crippen LogP contribution in [0.5, 0.6) is 11.5 Å². The van der Waals surface area contributed by atoms with Gasteiger partial charge in [-0.2, -0.15) is 4.98 Å². The Morgan fingerprint density at radius 3 is 2.68 bits per heavy atom. The predicted molar refractivity (Wildman–Crippen MR) is 80.5 cm³/mol. The van der Waals surface area contributed by atoms with Crippen LogP contribution in [0.15, 0.2) is 18.3 Å². The highest BCUT2D eigenvalue weighted by Crippen LogP contribution is 2.34. The van der Waals surface area contributed by atoms with Crippen molar-refractivity contribution in [3.63, 3.8) is 0 Å². The van der Waals surface area contributed by atoms with Gasteiger partial charge in [-0.05, 0) is 13.0 Å². The largest absolute Gasteiger partial charge is 0.504 e. The molecule has 0 saturated carbocycles. The maximum absolute atomic E-state index is 11.7. The van der Waals surface area contributed by atoms with Crippen LogP contribution in [-0.4, -0.2) is 35.3 Å². The Balaban J connectivity index is 2.42. The van der Waals surface area contributed by atoms with Gasteiger partial charge in [-0.3, -0.25) is 0 Å². The maximum atomic E-state index is 11.7. The van der Waals surface area contributed by atoms with E-state index in [2.05, 4.69) is 20.0 Å². The summed E-state index contributed by atoms with van der Waals surface area (Å²) in [5.74, 6) is -0.276. The van der Waals surface area contributed by atoms with Crippen LogP contribution < -0.4 is 15.8 Å². The number of carbonyl (C=O) groups excluding carboxylic acids is 1. The quantitative estimate of drug-likeness (QED) is 0.575. The van der Waals surface area contributed by atoms with E-state index in [9.17, 15) is 9.90 Å². The number of benzene rings is 1. The Kier molecular flexibility index (Phi) is 4.31. The summed E-state index contributed by atoms with van der Waals surface area (Å²) in [6.45, 7) is 1.79. The zero-order valence-corrected chi connectivity index (χ0v) is 12.4. The fraction of sp³-hybridized carbons (Fsp3) is 0.214. The summed E-state index contributed by atoms with van der Waals surface area (Å²) in [6, 6.07) is 2.91. The molecule has 0 aliphatic carbocycles. The van der Waals surface area contributed by atoms with E-state index in [1.165, 1.54) is 26.4 Å². The molecular formula is C14H16N4O4. The number of hydrogen-bond acceptors (Lipinski definition) is 8. The molecule has 0 amide bonds. The molecule has 0 bridgehead atoms. The van der Waals surface area contributed by atoms with Crippen molar-refractivity contribution in [2.24, 2.45) is 0 Å². The number of nitrogen functional groups attached to an aromatic ring is 1. The number of phenols is 1. The van der Waals surface area contributed by atoms with E-state index >= 15 is 0 Å². The van der Waals surface area contributed by atoms with Crippen molar-refractivity contribution in [1.29, 1.82) is 0 Å². The number of hydrogen-bond donors (Lipinski definition) is 3. The molecule has 1 heterocycles. The van der Waals surface area contributed by atoms with Crippen LogP contribution in [0.1, 0.15) is 15.9 Å². The fourth-order valence-corrected chi connectivity index (χ4v) is 1.75. The van der Waals surface area contributed by atoms with Gasteiger partial charge in [0.05, 0.1) is 14.2 Å². The number of carbonyl (C=O) groups is 1. The van der Waals surface area contributed by atoms with Crippen LogP contribution in [0.3, 0.4) is 0 Å². The van der Waals surface area contributed by atoms with Crippen molar-refractivity contribution < 1.29 is 19.4 Å². The zero-order valence-electron chi connectivity index (χ0n) is 12.4. The number of methoxy groups -OCH3 is 2. The van der Waals surface area contributed by atoms with Gasteiger partial charge >= 0.3 is 5.97 Å². The van der Waals surface area contributed by atoms with E-state index in [0.717, 1.165) is 5.56 Å². The summed E-state index contributed by atoms with van der Waals surface area (Å²) in [4.78, 5) is 19.9. The summed E-state index contributed by atoms with van der Waals surface area (Å²) in [5, 5.41) is 12.8. The lowest BCUT2D eigenvalue weighted by atomic mass is 10.1. The van der Waals surface area contributed by atoms with Crippen molar-refractivity contribution >= 4 is 23.4 Å². The number of esters is 1. The van der Waals surface area contributed by atoms with E-state index in [1.54, 1.807) is 13.1 Å². The number of aromatic hydroxyl groups is 1. The standard InChI is InChI=1S/C14H16N4O4/c1-7-6-16-14(18-12(7)15)17-8-4-9(13(20)22-3)11(19)10(5-8)21-2/h4-6,19H,1-3H3,(H3,15,16,17,18). The van der Waals surface area contributed by atoms with Gasteiger partial charge in [0.25, 0.3) is 0 Å².